The van der Waals surface area contributed by atoms with Gasteiger partial charge in [-0.15, -0.1) is 5.06 Å². The van der Waals surface area contributed by atoms with Crippen molar-refractivity contribution >= 4 is 45.2 Å². The van der Waals surface area contributed by atoms with Gasteiger partial charge in [-0.2, -0.15) is 0 Å². The van der Waals surface area contributed by atoms with Gasteiger partial charge in [0.2, 0.25) is 5.91 Å². The van der Waals surface area contributed by atoms with Crippen LogP contribution in [0.25, 0.3) is 21.5 Å². The zero-order valence-corrected chi connectivity index (χ0v) is 29.0. The van der Waals surface area contributed by atoms with Crippen LogP contribution in [0.2, 0.25) is 0 Å². The van der Waals surface area contributed by atoms with Crippen LogP contribution in [0, 0.1) is 0 Å². The Kier molecular flexibility index (Phi) is 13.5. The maximum Gasteiger partial charge on any atom is 0.340 e. The SMILES string of the molecule is CC(C)N.COc1ccc2cc(C(C)C(=O)NC(C)C)ccc2c1.COc1ccc2cc([C@H](C)C(=O)ON3C(=O)CCC3=O)ccc2c1. The van der Waals surface area contributed by atoms with Gasteiger partial charge in [0, 0.05) is 18.9 Å². The number of hydrogen-bond acceptors (Lipinski definition) is 8. The quantitative estimate of drug-likeness (QED) is 0.208. The Morgan fingerprint density at radius 1 is 0.667 bits per heavy atom. The summed E-state index contributed by atoms with van der Waals surface area (Å²) in [5.74, 6) is -0.678. The zero-order chi connectivity index (χ0) is 35.5. The van der Waals surface area contributed by atoms with Gasteiger partial charge in [-0.3, -0.25) is 14.4 Å². The molecule has 0 spiro atoms. The van der Waals surface area contributed by atoms with Crippen LogP contribution in [0.15, 0.2) is 72.8 Å². The molecule has 3 N–H and O–H groups in total. The molecule has 10 heteroatoms. The summed E-state index contributed by atoms with van der Waals surface area (Å²) in [6.07, 6.45) is 0.163. The summed E-state index contributed by atoms with van der Waals surface area (Å²) in [4.78, 5) is 52.3. The minimum Gasteiger partial charge on any atom is -0.497 e. The Hall–Kier alpha value is -4.96. The van der Waals surface area contributed by atoms with E-state index in [0.29, 0.717) is 11.1 Å². The lowest BCUT2D eigenvalue weighted by Gasteiger charge is -2.17. The van der Waals surface area contributed by atoms with E-state index in [-0.39, 0.29) is 30.7 Å². The standard InChI is InChI=1S/C18H17NO5.C17H21NO2.C3H9N/c1-11(18(22)24-19-16(20)7-8-17(19)21)12-3-4-14-10-15(23-2)6-5-13(14)9-12;1-11(2)18-17(19)12(3)13-5-6-15-10-16(20-4)8-7-14(15)9-13;1-3(2)4/h3-6,9-11H,7-8H2,1-2H3;5-12H,1-4H3,(H,18,19);3H,4H2,1-2H3/t11-;;/m0../s1. The second kappa shape index (κ2) is 17.3. The topological polar surface area (TPSA) is 137 Å². The molecular formula is C38H47N3O7. The number of hydrogen-bond donors (Lipinski definition) is 2. The number of nitrogens with two attached hydrogens (primary N) is 1. The maximum absolute atomic E-state index is 12.2. The van der Waals surface area contributed by atoms with Crippen LogP contribution < -0.4 is 20.5 Å². The number of ether oxygens (including phenoxy) is 2. The van der Waals surface area contributed by atoms with Gasteiger partial charge >= 0.3 is 5.97 Å². The van der Waals surface area contributed by atoms with Crippen LogP contribution in [-0.4, -0.2) is 55.1 Å². The number of carbonyl (C=O) groups is 4. The third-order valence-electron chi connectivity index (χ3n) is 7.51. The van der Waals surface area contributed by atoms with E-state index >= 15 is 0 Å². The van der Waals surface area contributed by atoms with E-state index in [1.807, 2.05) is 101 Å². The molecule has 4 aromatic rings. The first-order valence-corrected chi connectivity index (χ1v) is 16.0. The minimum absolute atomic E-state index is 0.0628. The van der Waals surface area contributed by atoms with E-state index in [1.54, 1.807) is 21.1 Å². The number of fused-ring (bicyclic) bond motifs is 2. The Morgan fingerprint density at radius 3 is 1.48 bits per heavy atom. The van der Waals surface area contributed by atoms with Crippen molar-refractivity contribution in [3.8, 4) is 11.5 Å². The van der Waals surface area contributed by atoms with Crippen molar-refractivity contribution in [2.75, 3.05) is 14.2 Å². The molecule has 0 aliphatic carbocycles. The third kappa shape index (κ3) is 10.3. The van der Waals surface area contributed by atoms with Gasteiger partial charge in [0.1, 0.15) is 11.5 Å². The van der Waals surface area contributed by atoms with Crippen LogP contribution >= 0.6 is 0 Å². The molecular weight excluding hydrogens is 610 g/mol. The molecule has 0 radical (unpaired) electrons. The zero-order valence-electron chi connectivity index (χ0n) is 29.0. The van der Waals surface area contributed by atoms with Crippen LogP contribution in [0.5, 0.6) is 11.5 Å². The first-order chi connectivity index (χ1) is 22.7. The van der Waals surface area contributed by atoms with E-state index in [2.05, 4.69) is 11.4 Å². The van der Waals surface area contributed by atoms with Crippen molar-refractivity contribution in [1.29, 1.82) is 0 Å². The van der Waals surface area contributed by atoms with Gasteiger partial charge < -0.3 is 25.4 Å². The molecule has 1 heterocycles. The van der Waals surface area contributed by atoms with E-state index in [1.165, 1.54) is 0 Å². The maximum atomic E-state index is 12.2. The van der Waals surface area contributed by atoms with Gasteiger partial charge in [0.05, 0.1) is 26.1 Å². The second-order valence-electron chi connectivity index (χ2n) is 12.3. The van der Waals surface area contributed by atoms with Crippen molar-refractivity contribution in [1.82, 2.24) is 10.4 Å². The number of rotatable bonds is 8. The highest BCUT2D eigenvalue weighted by Gasteiger charge is 2.34. The average Bonchev–Trinajstić information content (AvgIpc) is 3.38. The van der Waals surface area contributed by atoms with Crippen molar-refractivity contribution in [3.63, 3.8) is 0 Å². The van der Waals surface area contributed by atoms with Gasteiger partial charge in [-0.1, -0.05) is 62.4 Å². The Bertz CT molecular complexity index is 1730. The largest absolute Gasteiger partial charge is 0.497 e. The molecule has 10 nitrogen and oxygen atoms in total. The highest BCUT2D eigenvalue weighted by atomic mass is 16.7. The van der Waals surface area contributed by atoms with E-state index in [4.69, 9.17) is 20.0 Å². The van der Waals surface area contributed by atoms with Crippen LogP contribution in [0.4, 0.5) is 0 Å². The van der Waals surface area contributed by atoms with Gasteiger partial charge in [-0.25, -0.2) is 4.79 Å². The predicted octanol–water partition coefficient (Wildman–Crippen LogP) is 6.39. The van der Waals surface area contributed by atoms with Crippen LogP contribution in [-0.2, 0) is 24.0 Å². The monoisotopic (exact) mass is 657 g/mol. The number of benzene rings is 4. The first-order valence-electron chi connectivity index (χ1n) is 16.0. The highest BCUT2D eigenvalue weighted by molar-refractivity contribution is 6.02. The smallest absolute Gasteiger partial charge is 0.340 e. The predicted molar refractivity (Wildman–Crippen MR) is 188 cm³/mol. The van der Waals surface area contributed by atoms with Crippen LogP contribution in [0.3, 0.4) is 0 Å². The minimum atomic E-state index is -0.633. The number of hydroxylamine groups is 2. The molecule has 1 aliphatic rings. The molecule has 256 valence electrons. The molecule has 1 unspecified atom stereocenters. The Labute approximate surface area is 282 Å². The van der Waals surface area contributed by atoms with Crippen molar-refractivity contribution < 1.29 is 33.5 Å². The molecule has 0 aromatic heterocycles. The van der Waals surface area contributed by atoms with Gasteiger partial charge in [0.25, 0.3) is 11.8 Å². The van der Waals surface area contributed by atoms with E-state index < -0.39 is 23.7 Å². The molecule has 0 saturated carbocycles. The third-order valence-corrected chi connectivity index (χ3v) is 7.51. The molecule has 3 amide bonds. The second-order valence-corrected chi connectivity index (χ2v) is 12.3. The number of imide groups is 1. The van der Waals surface area contributed by atoms with E-state index in [0.717, 1.165) is 44.2 Å². The molecule has 1 fully saturated rings. The summed E-state index contributed by atoms with van der Waals surface area (Å²) in [7, 11) is 3.27. The number of amides is 3. The molecule has 1 saturated heterocycles. The molecule has 1 aliphatic heterocycles. The molecule has 48 heavy (non-hydrogen) atoms. The van der Waals surface area contributed by atoms with Gasteiger partial charge in [0.15, 0.2) is 0 Å². The van der Waals surface area contributed by atoms with E-state index in [9.17, 15) is 19.2 Å². The molecule has 0 bridgehead atoms. The first kappa shape index (κ1) is 37.5. The summed E-state index contributed by atoms with van der Waals surface area (Å²) < 4.78 is 10.4. The summed E-state index contributed by atoms with van der Waals surface area (Å²) in [6.45, 7) is 11.4. The number of methoxy groups -OCH3 is 2. The normalized spacial score (nSPS) is 13.8. The fraction of sp³-hybridized carbons (Fsp3) is 0.368. The summed E-state index contributed by atoms with van der Waals surface area (Å²) in [5.41, 5.74) is 6.89. The average molecular weight is 658 g/mol. The lowest BCUT2D eigenvalue weighted by Crippen LogP contribution is -2.33. The van der Waals surface area contributed by atoms with Crippen molar-refractivity contribution in [3.05, 3.63) is 83.9 Å². The fourth-order valence-electron chi connectivity index (χ4n) is 4.80. The fourth-order valence-corrected chi connectivity index (χ4v) is 4.80. The number of carbonyl (C=O) groups excluding carboxylic acids is 4. The highest BCUT2D eigenvalue weighted by Crippen LogP contribution is 2.27. The summed E-state index contributed by atoms with van der Waals surface area (Å²) in [5, 5.41) is 7.70. The number of nitrogens with one attached hydrogen (secondary N) is 1. The lowest BCUT2D eigenvalue weighted by atomic mass is 9.97. The lowest BCUT2D eigenvalue weighted by molar-refractivity contribution is -0.198. The summed E-state index contributed by atoms with van der Waals surface area (Å²) >= 11 is 0. The van der Waals surface area contributed by atoms with Gasteiger partial charge in [-0.05, 0) is 90.7 Å². The van der Waals surface area contributed by atoms with Crippen LogP contribution in [0.1, 0.15) is 77.3 Å². The Morgan fingerprint density at radius 2 is 1.06 bits per heavy atom. The number of nitrogens with zero attached hydrogens (tertiary/aromatic N) is 1. The van der Waals surface area contributed by atoms with Crippen molar-refractivity contribution in [2.45, 2.75) is 78.3 Å². The van der Waals surface area contributed by atoms with Crippen molar-refractivity contribution in [2.24, 2.45) is 5.73 Å². The Balaban J connectivity index is 0.000000238. The molecule has 4 aromatic carbocycles. The molecule has 2 atom stereocenters. The summed E-state index contributed by atoms with van der Waals surface area (Å²) in [6, 6.07) is 23.8. The molecule has 5 rings (SSSR count).